The summed E-state index contributed by atoms with van der Waals surface area (Å²) < 4.78 is 0. The molecule has 0 bridgehead atoms. The molecule has 0 radical (unpaired) electrons. The molecular weight excluding hydrogens is 184 g/mol. The summed E-state index contributed by atoms with van der Waals surface area (Å²) in [7, 11) is 0. The number of hydrogen-bond donors (Lipinski definition) is 1. The fourth-order valence-corrected chi connectivity index (χ4v) is 2.42. The molecule has 0 spiro atoms. The lowest BCUT2D eigenvalue weighted by molar-refractivity contribution is 0.262. The SMILES string of the molecule is CC1(C)CCCN(CCNC2CC2)CC1. The van der Waals surface area contributed by atoms with E-state index in [0.717, 1.165) is 6.04 Å². The number of hydrogen-bond acceptors (Lipinski definition) is 2. The highest BCUT2D eigenvalue weighted by atomic mass is 15.1. The summed E-state index contributed by atoms with van der Waals surface area (Å²) in [6.45, 7) is 9.91. The predicted octanol–water partition coefficient (Wildman–Crippen LogP) is 2.25. The van der Waals surface area contributed by atoms with Crippen molar-refractivity contribution in [1.82, 2.24) is 10.2 Å². The van der Waals surface area contributed by atoms with Gasteiger partial charge in [0, 0.05) is 19.1 Å². The third-order valence-corrected chi connectivity index (χ3v) is 3.87. The minimum absolute atomic E-state index is 0.582. The Bertz CT molecular complexity index is 197. The monoisotopic (exact) mass is 210 g/mol. The molecule has 0 amide bonds. The van der Waals surface area contributed by atoms with Crippen LogP contribution in [0.5, 0.6) is 0 Å². The van der Waals surface area contributed by atoms with Crippen LogP contribution in [-0.2, 0) is 0 Å². The van der Waals surface area contributed by atoms with Gasteiger partial charge in [-0.2, -0.15) is 0 Å². The number of rotatable bonds is 4. The average Bonchev–Trinajstić information content (AvgIpc) is 2.96. The second-order valence-electron chi connectivity index (χ2n) is 6.09. The van der Waals surface area contributed by atoms with Gasteiger partial charge in [0.15, 0.2) is 0 Å². The van der Waals surface area contributed by atoms with Gasteiger partial charge in [-0.25, -0.2) is 0 Å². The molecule has 0 aromatic carbocycles. The molecule has 2 rings (SSSR count). The molecule has 0 unspecified atom stereocenters. The molecule has 1 aliphatic carbocycles. The van der Waals surface area contributed by atoms with Crippen LogP contribution in [0.25, 0.3) is 0 Å². The van der Waals surface area contributed by atoms with Gasteiger partial charge in [0.25, 0.3) is 0 Å². The van der Waals surface area contributed by atoms with Gasteiger partial charge in [-0.15, -0.1) is 0 Å². The maximum atomic E-state index is 3.60. The second-order valence-corrected chi connectivity index (χ2v) is 6.09. The van der Waals surface area contributed by atoms with E-state index in [0.29, 0.717) is 5.41 Å². The highest BCUT2D eigenvalue weighted by molar-refractivity contribution is 4.82. The van der Waals surface area contributed by atoms with Crippen molar-refractivity contribution in [3.05, 3.63) is 0 Å². The minimum atomic E-state index is 0.582. The van der Waals surface area contributed by atoms with Crippen LogP contribution < -0.4 is 5.32 Å². The van der Waals surface area contributed by atoms with Gasteiger partial charge in [-0.3, -0.25) is 0 Å². The van der Waals surface area contributed by atoms with Gasteiger partial charge in [0.2, 0.25) is 0 Å². The predicted molar refractivity (Wildman–Crippen MR) is 65.1 cm³/mol. The minimum Gasteiger partial charge on any atom is -0.313 e. The van der Waals surface area contributed by atoms with Crippen molar-refractivity contribution < 1.29 is 0 Å². The maximum Gasteiger partial charge on any atom is 0.0107 e. The van der Waals surface area contributed by atoms with Crippen LogP contribution in [0.15, 0.2) is 0 Å². The molecule has 1 aliphatic heterocycles. The lowest BCUT2D eigenvalue weighted by Gasteiger charge is -2.23. The van der Waals surface area contributed by atoms with E-state index < -0.39 is 0 Å². The molecular formula is C13H26N2. The summed E-state index contributed by atoms with van der Waals surface area (Å²) in [5.41, 5.74) is 0.582. The molecule has 2 fully saturated rings. The summed E-state index contributed by atoms with van der Waals surface area (Å²) in [5, 5.41) is 3.60. The molecule has 88 valence electrons. The molecule has 2 heteroatoms. The molecule has 1 N–H and O–H groups in total. The Labute approximate surface area is 94.4 Å². The summed E-state index contributed by atoms with van der Waals surface area (Å²) >= 11 is 0. The van der Waals surface area contributed by atoms with E-state index in [4.69, 9.17) is 0 Å². The summed E-state index contributed by atoms with van der Waals surface area (Å²) in [4.78, 5) is 2.64. The molecule has 1 saturated carbocycles. The van der Waals surface area contributed by atoms with Crippen molar-refractivity contribution in [3.8, 4) is 0 Å². The topological polar surface area (TPSA) is 15.3 Å². The highest BCUT2D eigenvalue weighted by Gasteiger charge is 2.23. The summed E-state index contributed by atoms with van der Waals surface area (Å²) in [6, 6.07) is 0.869. The van der Waals surface area contributed by atoms with Crippen LogP contribution in [0.1, 0.15) is 46.0 Å². The second kappa shape index (κ2) is 4.84. The molecule has 2 aliphatic rings. The van der Waals surface area contributed by atoms with E-state index in [1.165, 1.54) is 58.3 Å². The molecule has 1 heterocycles. The summed E-state index contributed by atoms with van der Waals surface area (Å²) in [6.07, 6.45) is 6.98. The fourth-order valence-electron chi connectivity index (χ4n) is 2.42. The molecule has 1 saturated heterocycles. The fraction of sp³-hybridized carbons (Fsp3) is 1.00. The first-order valence-corrected chi connectivity index (χ1v) is 6.61. The van der Waals surface area contributed by atoms with Crippen molar-refractivity contribution in [2.75, 3.05) is 26.2 Å². The van der Waals surface area contributed by atoms with E-state index in [1.54, 1.807) is 0 Å². The first-order chi connectivity index (χ1) is 7.16. The Hall–Kier alpha value is -0.0800. The van der Waals surface area contributed by atoms with Crippen LogP contribution in [0, 0.1) is 5.41 Å². The summed E-state index contributed by atoms with van der Waals surface area (Å²) in [5.74, 6) is 0. The van der Waals surface area contributed by atoms with Crippen LogP contribution in [-0.4, -0.2) is 37.1 Å². The number of nitrogens with zero attached hydrogens (tertiary/aromatic N) is 1. The normalized spacial score (nSPS) is 27.6. The molecule has 0 aromatic heterocycles. The third-order valence-electron chi connectivity index (χ3n) is 3.87. The van der Waals surface area contributed by atoms with Crippen LogP contribution >= 0.6 is 0 Å². The Balaban J connectivity index is 1.64. The van der Waals surface area contributed by atoms with E-state index >= 15 is 0 Å². The third kappa shape index (κ3) is 4.12. The van der Waals surface area contributed by atoms with Gasteiger partial charge in [-0.05, 0) is 50.6 Å². The van der Waals surface area contributed by atoms with Gasteiger partial charge in [-0.1, -0.05) is 13.8 Å². The van der Waals surface area contributed by atoms with Gasteiger partial charge in [0.1, 0.15) is 0 Å². The molecule has 2 nitrogen and oxygen atoms in total. The standard InChI is InChI=1S/C13H26N2/c1-13(2)6-3-9-15(10-7-13)11-8-14-12-4-5-12/h12,14H,3-11H2,1-2H3. The van der Waals surface area contributed by atoms with Gasteiger partial charge >= 0.3 is 0 Å². The number of likely N-dealkylation sites (tertiary alicyclic amines) is 1. The molecule has 0 aromatic rings. The van der Waals surface area contributed by atoms with Crippen LogP contribution in [0.3, 0.4) is 0 Å². The largest absolute Gasteiger partial charge is 0.313 e. The Morgan fingerprint density at radius 1 is 1.20 bits per heavy atom. The Kier molecular flexibility index (Phi) is 3.68. The Morgan fingerprint density at radius 3 is 2.73 bits per heavy atom. The van der Waals surface area contributed by atoms with Crippen molar-refractivity contribution >= 4 is 0 Å². The zero-order chi connectivity index (χ0) is 10.7. The van der Waals surface area contributed by atoms with E-state index in [1.807, 2.05) is 0 Å². The number of nitrogens with one attached hydrogen (secondary N) is 1. The van der Waals surface area contributed by atoms with E-state index in [2.05, 4.69) is 24.1 Å². The zero-order valence-corrected chi connectivity index (χ0v) is 10.4. The lowest BCUT2D eigenvalue weighted by atomic mass is 9.85. The molecule has 0 atom stereocenters. The first-order valence-electron chi connectivity index (χ1n) is 6.61. The van der Waals surface area contributed by atoms with Gasteiger partial charge < -0.3 is 10.2 Å². The van der Waals surface area contributed by atoms with Crippen LogP contribution in [0.2, 0.25) is 0 Å². The Morgan fingerprint density at radius 2 is 2.00 bits per heavy atom. The van der Waals surface area contributed by atoms with Crippen LogP contribution in [0.4, 0.5) is 0 Å². The van der Waals surface area contributed by atoms with Gasteiger partial charge in [0.05, 0.1) is 0 Å². The molecule has 15 heavy (non-hydrogen) atoms. The first kappa shape index (κ1) is 11.4. The quantitative estimate of drug-likeness (QED) is 0.765. The maximum absolute atomic E-state index is 3.60. The highest BCUT2D eigenvalue weighted by Crippen LogP contribution is 2.29. The van der Waals surface area contributed by atoms with Crippen molar-refractivity contribution in [2.24, 2.45) is 5.41 Å². The van der Waals surface area contributed by atoms with E-state index in [-0.39, 0.29) is 0 Å². The zero-order valence-electron chi connectivity index (χ0n) is 10.4. The lowest BCUT2D eigenvalue weighted by Crippen LogP contribution is -2.34. The van der Waals surface area contributed by atoms with Crippen molar-refractivity contribution in [1.29, 1.82) is 0 Å². The van der Waals surface area contributed by atoms with E-state index in [9.17, 15) is 0 Å². The van der Waals surface area contributed by atoms with Crippen molar-refractivity contribution in [2.45, 2.75) is 52.0 Å². The van der Waals surface area contributed by atoms with Crippen molar-refractivity contribution in [3.63, 3.8) is 0 Å². The smallest absolute Gasteiger partial charge is 0.0107 e. The average molecular weight is 210 g/mol.